The molecule has 210 valence electrons. The van der Waals surface area contributed by atoms with Crippen LogP contribution in [-0.2, 0) is 37.8 Å². The Balaban J connectivity index is 1.39. The molecular weight excluding hydrogens is 522 g/mol. The fourth-order valence-corrected chi connectivity index (χ4v) is 5.84. The summed E-state index contributed by atoms with van der Waals surface area (Å²) in [4.78, 5) is 65.4. The van der Waals surface area contributed by atoms with Gasteiger partial charge in [0.2, 0.25) is 23.6 Å². The number of nitrogens with two attached hydrogens (primary N) is 1. The van der Waals surface area contributed by atoms with Gasteiger partial charge < -0.3 is 21.3 Å². The number of hydrogen-bond acceptors (Lipinski definition) is 6. The van der Waals surface area contributed by atoms with Crippen LogP contribution in [0, 0.1) is 0 Å². The minimum atomic E-state index is -1.53. The summed E-state index contributed by atoms with van der Waals surface area (Å²) in [6.45, 7) is 0.364. The van der Waals surface area contributed by atoms with E-state index in [1.807, 2.05) is 18.2 Å². The number of piperidine rings is 1. The van der Waals surface area contributed by atoms with E-state index in [9.17, 15) is 24.0 Å². The Morgan fingerprint density at radius 3 is 2.34 bits per heavy atom. The lowest BCUT2D eigenvalue weighted by atomic mass is 9.73. The number of rotatable bonds is 9. The molecule has 5 amide bonds. The number of hydrogen-bond donors (Lipinski definition) is 4. The number of carbonyl (C=O) groups excluding carboxylic acids is 5. The predicted octanol–water partition coefficient (Wildman–Crippen LogP) is 1.45. The molecule has 5 N–H and O–H groups in total. The van der Waals surface area contributed by atoms with Gasteiger partial charge in [-0.1, -0.05) is 72.8 Å². The lowest BCUT2D eigenvalue weighted by Crippen LogP contribution is -2.58. The summed E-state index contributed by atoms with van der Waals surface area (Å²) in [5.41, 5.74) is 7.61. The van der Waals surface area contributed by atoms with Gasteiger partial charge >= 0.3 is 0 Å². The highest BCUT2D eigenvalue weighted by molar-refractivity contribution is 6.05. The molecule has 0 radical (unpaired) electrons. The molecule has 41 heavy (non-hydrogen) atoms. The van der Waals surface area contributed by atoms with Gasteiger partial charge in [0, 0.05) is 25.1 Å². The molecule has 1 saturated heterocycles. The SMILES string of the molecule is CN[C@](C(N)=O)(c1ccccc1)[C@@H](C(=O)NCc1ccc2c(c1)CN(C1CCC(=O)NC1=O)C2=O)c1ccccc1. The lowest BCUT2D eigenvalue weighted by Gasteiger charge is -2.38. The molecule has 3 atom stereocenters. The number of nitrogens with zero attached hydrogens (tertiary/aromatic N) is 1. The number of likely N-dealkylation sites (N-methyl/N-ethyl adjacent to an activating group) is 1. The number of nitrogens with one attached hydrogen (secondary N) is 3. The van der Waals surface area contributed by atoms with Crippen molar-refractivity contribution in [3.05, 3.63) is 107 Å². The van der Waals surface area contributed by atoms with Crippen LogP contribution in [0.15, 0.2) is 78.9 Å². The maximum absolute atomic E-state index is 13.9. The summed E-state index contributed by atoms with van der Waals surface area (Å²) >= 11 is 0. The Kier molecular flexibility index (Phi) is 7.67. The average Bonchev–Trinajstić information content (AvgIpc) is 3.30. The van der Waals surface area contributed by atoms with Gasteiger partial charge in [-0.15, -0.1) is 0 Å². The summed E-state index contributed by atoms with van der Waals surface area (Å²) in [5, 5.41) is 8.32. The van der Waals surface area contributed by atoms with E-state index >= 15 is 0 Å². The molecule has 10 nitrogen and oxygen atoms in total. The first kappa shape index (κ1) is 27.7. The van der Waals surface area contributed by atoms with Gasteiger partial charge in [-0.05, 0) is 41.8 Å². The Hall–Kier alpha value is -4.83. The van der Waals surface area contributed by atoms with Crippen molar-refractivity contribution in [3.63, 3.8) is 0 Å². The zero-order valence-corrected chi connectivity index (χ0v) is 22.6. The molecule has 3 aromatic carbocycles. The fraction of sp³-hybridized carbons (Fsp3) is 0.258. The minimum Gasteiger partial charge on any atom is -0.368 e. The monoisotopic (exact) mass is 553 g/mol. The molecule has 0 aliphatic carbocycles. The molecule has 0 aromatic heterocycles. The van der Waals surface area contributed by atoms with Crippen molar-refractivity contribution in [1.82, 2.24) is 20.9 Å². The summed E-state index contributed by atoms with van der Waals surface area (Å²) in [7, 11) is 1.60. The first-order chi connectivity index (χ1) is 19.8. The summed E-state index contributed by atoms with van der Waals surface area (Å²) in [6.07, 6.45) is 0.460. The van der Waals surface area contributed by atoms with Crippen molar-refractivity contribution in [3.8, 4) is 0 Å². The first-order valence-corrected chi connectivity index (χ1v) is 13.4. The van der Waals surface area contributed by atoms with Crippen LogP contribution in [0.3, 0.4) is 0 Å². The third kappa shape index (κ3) is 5.09. The largest absolute Gasteiger partial charge is 0.368 e. The van der Waals surface area contributed by atoms with Gasteiger partial charge in [0.05, 0.1) is 5.92 Å². The summed E-state index contributed by atoms with van der Waals surface area (Å²) in [6, 6.07) is 22.5. The van der Waals surface area contributed by atoms with Crippen LogP contribution in [0.4, 0.5) is 0 Å². The van der Waals surface area contributed by atoms with Crippen molar-refractivity contribution in [2.75, 3.05) is 7.05 Å². The van der Waals surface area contributed by atoms with Crippen molar-refractivity contribution < 1.29 is 24.0 Å². The van der Waals surface area contributed by atoms with Crippen LogP contribution in [0.2, 0.25) is 0 Å². The fourth-order valence-electron chi connectivity index (χ4n) is 5.84. The van der Waals surface area contributed by atoms with Crippen LogP contribution >= 0.6 is 0 Å². The number of fused-ring (bicyclic) bond motifs is 1. The van der Waals surface area contributed by atoms with Crippen molar-refractivity contribution >= 4 is 29.5 Å². The zero-order chi connectivity index (χ0) is 29.1. The lowest BCUT2D eigenvalue weighted by molar-refractivity contribution is -0.137. The highest BCUT2D eigenvalue weighted by Crippen LogP contribution is 2.37. The number of primary amides is 1. The molecule has 0 saturated carbocycles. The van der Waals surface area contributed by atoms with Gasteiger partial charge in [0.15, 0.2) is 0 Å². The molecule has 2 heterocycles. The van der Waals surface area contributed by atoms with Gasteiger partial charge in [-0.25, -0.2) is 0 Å². The predicted molar refractivity (Wildman–Crippen MR) is 150 cm³/mol. The second-order valence-electron chi connectivity index (χ2n) is 10.2. The molecule has 1 fully saturated rings. The molecule has 2 aliphatic rings. The van der Waals surface area contributed by atoms with E-state index in [1.54, 1.807) is 67.7 Å². The Morgan fingerprint density at radius 2 is 1.71 bits per heavy atom. The number of benzene rings is 3. The van der Waals surface area contributed by atoms with Crippen molar-refractivity contribution in [2.24, 2.45) is 5.73 Å². The molecular formula is C31H31N5O5. The molecule has 10 heteroatoms. The smallest absolute Gasteiger partial charge is 0.255 e. The summed E-state index contributed by atoms with van der Waals surface area (Å²) in [5.74, 6) is -3.17. The Morgan fingerprint density at radius 1 is 1.02 bits per heavy atom. The van der Waals surface area contributed by atoms with Gasteiger partial charge in [-0.3, -0.25) is 29.3 Å². The minimum absolute atomic E-state index is 0.134. The van der Waals surface area contributed by atoms with Crippen molar-refractivity contribution in [1.29, 1.82) is 0 Å². The third-order valence-electron chi connectivity index (χ3n) is 7.89. The van der Waals surface area contributed by atoms with Crippen LogP contribution in [0.25, 0.3) is 0 Å². The molecule has 1 unspecified atom stereocenters. The van der Waals surface area contributed by atoms with Crippen molar-refractivity contribution in [2.45, 2.75) is 43.4 Å². The third-order valence-corrected chi connectivity index (χ3v) is 7.89. The van der Waals surface area contributed by atoms with Crippen LogP contribution < -0.4 is 21.7 Å². The second-order valence-corrected chi connectivity index (χ2v) is 10.2. The van der Waals surface area contributed by atoms with E-state index < -0.39 is 35.2 Å². The van der Waals surface area contributed by atoms with Gasteiger partial charge in [0.1, 0.15) is 11.6 Å². The molecule has 0 bridgehead atoms. The standard InChI is InChI=1S/C31H31N5O5/c1-33-31(30(32)41,22-10-6-3-7-11-22)26(20-8-4-2-5-9-20)28(39)34-17-19-12-13-23-21(16-19)18-36(29(23)40)24-14-15-25(37)35-27(24)38/h2-13,16,24,26,33H,14-15,17-18H2,1H3,(H2,32,41)(H,34,39)(H,35,37,38)/t24?,26-,31-/m1/s1. The van der Waals surface area contributed by atoms with Gasteiger partial charge in [0.25, 0.3) is 5.91 Å². The first-order valence-electron chi connectivity index (χ1n) is 13.4. The number of carbonyl (C=O) groups is 5. The quantitative estimate of drug-likeness (QED) is 0.295. The van der Waals surface area contributed by atoms with E-state index in [1.165, 1.54) is 4.90 Å². The molecule has 3 aromatic rings. The van der Waals surface area contributed by atoms with E-state index in [-0.39, 0.29) is 37.7 Å². The Bertz CT molecular complexity index is 1510. The average molecular weight is 554 g/mol. The molecule has 2 aliphatic heterocycles. The van der Waals surface area contributed by atoms with Crippen LogP contribution in [0.5, 0.6) is 0 Å². The normalized spacial score (nSPS) is 18.7. The maximum Gasteiger partial charge on any atom is 0.255 e. The Labute approximate surface area is 237 Å². The van der Waals surface area contributed by atoms with E-state index in [0.29, 0.717) is 16.7 Å². The van der Waals surface area contributed by atoms with Crippen LogP contribution in [-0.4, -0.2) is 47.5 Å². The number of imide groups is 1. The second kappa shape index (κ2) is 11.3. The number of amides is 5. The van der Waals surface area contributed by atoms with E-state index in [2.05, 4.69) is 16.0 Å². The highest BCUT2D eigenvalue weighted by atomic mass is 16.2. The zero-order valence-electron chi connectivity index (χ0n) is 22.6. The van der Waals surface area contributed by atoms with E-state index in [4.69, 9.17) is 5.73 Å². The summed E-state index contributed by atoms with van der Waals surface area (Å²) < 4.78 is 0. The van der Waals surface area contributed by atoms with Crippen LogP contribution in [0.1, 0.15) is 51.4 Å². The van der Waals surface area contributed by atoms with Gasteiger partial charge in [-0.2, -0.15) is 0 Å². The molecule has 0 spiro atoms. The van der Waals surface area contributed by atoms with E-state index in [0.717, 1.165) is 11.1 Å². The topological polar surface area (TPSA) is 151 Å². The maximum atomic E-state index is 13.9. The molecule has 5 rings (SSSR count). The highest BCUT2D eigenvalue weighted by Gasteiger charge is 2.49.